The van der Waals surface area contributed by atoms with Crippen LogP contribution in [-0.4, -0.2) is 23.2 Å². The smallest absolute Gasteiger partial charge is 0.161 e. The summed E-state index contributed by atoms with van der Waals surface area (Å²) < 4.78 is 0.867. The monoisotopic (exact) mass is 388 g/mol. The molecule has 0 saturated carbocycles. The first kappa shape index (κ1) is 15.9. The summed E-state index contributed by atoms with van der Waals surface area (Å²) in [6, 6.07) is 7.70. The van der Waals surface area contributed by atoms with E-state index < -0.39 is 0 Å². The fourth-order valence-corrected chi connectivity index (χ4v) is 2.98. The van der Waals surface area contributed by atoms with Gasteiger partial charge in [-0.3, -0.25) is 4.99 Å². The molecule has 0 bridgehead atoms. The number of benzene rings is 1. The van der Waals surface area contributed by atoms with E-state index >= 15 is 0 Å². The Kier molecular flexibility index (Phi) is 4.33. The maximum absolute atomic E-state index is 6.40. The van der Waals surface area contributed by atoms with Crippen LogP contribution in [0.5, 0.6) is 0 Å². The predicted molar refractivity (Wildman–Crippen MR) is 100 cm³/mol. The van der Waals surface area contributed by atoms with Gasteiger partial charge in [0.05, 0.1) is 10.7 Å². The number of hydrogen-bond donors (Lipinski definition) is 1. The third-order valence-corrected chi connectivity index (χ3v) is 4.31. The molecule has 3 rings (SSSR count). The second kappa shape index (κ2) is 6.26. The molecule has 116 valence electrons. The van der Waals surface area contributed by atoms with Crippen molar-refractivity contribution in [1.82, 2.24) is 9.97 Å². The highest BCUT2D eigenvalue weighted by Crippen LogP contribution is 2.31. The van der Waals surface area contributed by atoms with Gasteiger partial charge < -0.3 is 5.73 Å². The molecule has 0 aliphatic carbocycles. The average molecular weight is 390 g/mol. The summed E-state index contributed by atoms with van der Waals surface area (Å²) in [5.74, 6) is 0. The quantitative estimate of drug-likeness (QED) is 0.512. The molecule has 1 aromatic carbocycles. The lowest BCUT2D eigenvalue weighted by Crippen LogP contribution is -1.98. The summed E-state index contributed by atoms with van der Waals surface area (Å²) in [5.41, 5.74) is 10.9. The number of hydrogen-bond acceptors (Lipinski definition) is 4. The van der Waals surface area contributed by atoms with E-state index in [9.17, 15) is 0 Å². The Morgan fingerprint density at radius 3 is 2.78 bits per heavy atom. The first-order chi connectivity index (χ1) is 11.0. The summed E-state index contributed by atoms with van der Waals surface area (Å²) in [6.07, 6.45) is 3.45. The lowest BCUT2D eigenvalue weighted by Gasteiger charge is -2.10. The average Bonchev–Trinajstić information content (AvgIpc) is 2.52. The number of fused-ring (bicyclic) bond motifs is 1. The van der Waals surface area contributed by atoms with E-state index in [0.29, 0.717) is 16.4 Å². The van der Waals surface area contributed by atoms with Crippen molar-refractivity contribution in [3.8, 4) is 11.3 Å². The van der Waals surface area contributed by atoms with E-state index in [1.54, 1.807) is 19.5 Å². The maximum atomic E-state index is 6.40. The molecule has 23 heavy (non-hydrogen) atoms. The molecule has 0 saturated heterocycles. The highest BCUT2D eigenvalue weighted by molar-refractivity contribution is 9.10. The van der Waals surface area contributed by atoms with Crippen molar-refractivity contribution in [3.63, 3.8) is 0 Å². The zero-order valence-electron chi connectivity index (χ0n) is 12.6. The van der Waals surface area contributed by atoms with Crippen LogP contribution in [0.4, 0.5) is 5.69 Å². The fourth-order valence-electron chi connectivity index (χ4n) is 2.41. The molecule has 0 fully saturated rings. The van der Waals surface area contributed by atoms with E-state index in [1.807, 2.05) is 31.2 Å². The highest BCUT2D eigenvalue weighted by Gasteiger charge is 2.11. The number of aryl methyl sites for hydroxylation is 1. The molecule has 4 nitrogen and oxygen atoms in total. The Morgan fingerprint density at radius 2 is 2.04 bits per heavy atom. The van der Waals surface area contributed by atoms with E-state index in [1.165, 1.54) is 0 Å². The van der Waals surface area contributed by atoms with Crippen LogP contribution in [0.1, 0.15) is 11.1 Å². The molecule has 0 radical (unpaired) electrons. The molecule has 0 spiro atoms. The van der Waals surface area contributed by atoms with E-state index in [2.05, 4.69) is 30.9 Å². The van der Waals surface area contributed by atoms with Crippen molar-refractivity contribution in [2.45, 2.75) is 6.92 Å². The predicted octanol–water partition coefficient (Wildman–Crippen LogP) is 4.65. The standard InChI is InChI=1S/C17H14BrClN4/c1-9-3-10(4-11(7-21-2)16(9)20)15-6-14(19)13-5-12(18)8-22-17(13)23-15/h3-8H,20H2,1-2H3. The zero-order valence-corrected chi connectivity index (χ0v) is 15.0. The van der Waals surface area contributed by atoms with Crippen molar-refractivity contribution in [1.29, 1.82) is 0 Å². The summed E-state index contributed by atoms with van der Waals surface area (Å²) in [5, 5.41) is 1.42. The Labute approximate surface area is 147 Å². The number of pyridine rings is 2. The Hall–Kier alpha value is -1.98. The van der Waals surface area contributed by atoms with Gasteiger partial charge in [0.1, 0.15) is 0 Å². The van der Waals surface area contributed by atoms with Crippen LogP contribution in [0.2, 0.25) is 5.02 Å². The Morgan fingerprint density at radius 1 is 1.26 bits per heavy atom. The lowest BCUT2D eigenvalue weighted by molar-refractivity contribution is 1.27. The van der Waals surface area contributed by atoms with E-state index in [0.717, 1.165) is 32.2 Å². The van der Waals surface area contributed by atoms with Crippen LogP contribution in [0.15, 0.2) is 39.9 Å². The van der Waals surface area contributed by atoms with Crippen LogP contribution >= 0.6 is 27.5 Å². The molecule has 2 aromatic heterocycles. The molecule has 0 unspecified atom stereocenters. The lowest BCUT2D eigenvalue weighted by atomic mass is 10.0. The van der Waals surface area contributed by atoms with Gasteiger partial charge >= 0.3 is 0 Å². The van der Waals surface area contributed by atoms with Crippen molar-refractivity contribution in [3.05, 3.63) is 51.1 Å². The normalized spacial score (nSPS) is 11.5. The molecular weight excluding hydrogens is 376 g/mol. The van der Waals surface area contributed by atoms with Crippen LogP contribution in [0, 0.1) is 6.92 Å². The van der Waals surface area contributed by atoms with Gasteiger partial charge in [-0.05, 0) is 52.7 Å². The minimum atomic E-state index is 0.607. The summed E-state index contributed by atoms with van der Waals surface area (Å²) in [6.45, 7) is 1.96. The van der Waals surface area contributed by atoms with Crippen LogP contribution in [-0.2, 0) is 0 Å². The zero-order chi connectivity index (χ0) is 16.6. The van der Waals surface area contributed by atoms with Crippen LogP contribution in [0.3, 0.4) is 0 Å². The summed E-state index contributed by atoms with van der Waals surface area (Å²) >= 11 is 9.80. The van der Waals surface area contributed by atoms with Crippen LogP contribution < -0.4 is 5.73 Å². The van der Waals surface area contributed by atoms with E-state index in [-0.39, 0.29) is 0 Å². The van der Waals surface area contributed by atoms with Gasteiger partial charge in [-0.15, -0.1) is 0 Å². The summed E-state index contributed by atoms with van der Waals surface area (Å²) in [7, 11) is 1.72. The van der Waals surface area contributed by atoms with Crippen molar-refractivity contribution >= 4 is 50.5 Å². The second-order valence-electron chi connectivity index (χ2n) is 5.20. The SMILES string of the molecule is CN=Cc1cc(-c2cc(Cl)c3cc(Br)cnc3n2)cc(C)c1N. The molecule has 0 amide bonds. The van der Waals surface area contributed by atoms with Gasteiger partial charge in [-0.25, -0.2) is 9.97 Å². The number of aromatic nitrogens is 2. The number of nitrogens with two attached hydrogens (primary N) is 1. The molecule has 0 aliphatic heterocycles. The number of nitrogen functional groups attached to an aromatic ring is 1. The minimum Gasteiger partial charge on any atom is -0.398 e. The second-order valence-corrected chi connectivity index (χ2v) is 6.52. The number of anilines is 1. The first-order valence-electron chi connectivity index (χ1n) is 6.94. The summed E-state index contributed by atoms with van der Waals surface area (Å²) in [4.78, 5) is 13.0. The van der Waals surface area contributed by atoms with Crippen molar-refractivity contribution in [2.75, 3.05) is 12.8 Å². The number of nitrogens with zero attached hydrogens (tertiary/aromatic N) is 3. The van der Waals surface area contributed by atoms with Gasteiger partial charge in [0, 0.05) is 46.1 Å². The van der Waals surface area contributed by atoms with Crippen LogP contribution in [0.25, 0.3) is 22.3 Å². The minimum absolute atomic E-state index is 0.607. The largest absolute Gasteiger partial charge is 0.398 e. The molecule has 2 heterocycles. The fraction of sp³-hybridized carbons (Fsp3) is 0.118. The molecule has 6 heteroatoms. The van der Waals surface area contributed by atoms with Gasteiger partial charge in [-0.1, -0.05) is 11.6 Å². The number of aliphatic imine (C=N–C) groups is 1. The van der Waals surface area contributed by atoms with Gasteiger partial charge in [-0.2, -0.15) is 0 Å². The third kappa shape index (κ3) is 3.07. The van der Waals surface area contributed by atoms with Gasteiger partial charge in [0.25, 0.3) is 0 Å². The van der Waals surface area contributed by atoms with Crippen molar-refractivity contribution in [2.24, 2.45) is 4.99 Å². The van der Waals surface area contributed by atoms with Gasteiger partial charge in [0.2, 0.25) is 0 Å². The topological polar surface area (TPSA) is 64.2 Å². The molecule has 0 atom stereocenters. The van der Waals surface area contributed by atoms with E-state index in [4.69, 9.17) is 17.3 Å². The van der Waals surface area contributed by atoms with Crippen molar-refractivity contribution < 1.29 is 0 Å². The molecule has 3 aromatic rings. The number of rotatable bonds is 2. The Balaban J connectivity index is 2.23. The number of halogens is 2. The highest BCUT2D eigenvalue weighted by atomic mass is 79.9. The van der Waals surface area contributed by atoms with Gasteiger partial charge in [0.15, 0.2) is 5.65 Å². The molecule has 2 N–H and O–H groups in total. The molecule has 0 aliphatic rings. The third-order valence-electron chi connectivity index (χ3n) is 3.56. The first-order valence-corrected chi connectivity index (χ1v) is 8.11. The molecular formula is C17H14BrClN4. The maximum Gasteiger partial charge on any atom is 0.161 e. The Bertz CT molecular complexity index is 938.